The lowest BCUT2D eigenvalue weighted by Crippen LogP contribution is -2.03. The molecule has 0 aliphatic rings. The van der Waals surface area contributed by atoms with Gasteiger partial charge in [0.15, 0.2) is 0 Å². The highest BCUT2D eigenvalue weighted by Gasteiger charge is 2.10. The van der Waals surface area contributed by atoms with E-state index in [2.05, 4.69) is 0 Å². The van der Waals surface area contributed by atoms with Crippen LogP contribution in [0.15, 0.2) is 18.2 Å². The summed E-state index contributed by atoms with van der Waals surface area (Å²) in [6.07, 6.45) is 0. The maximum Gasteiger partial charge on any atom is 0.337 e. The Balaban J connectivity index is 3.23. The molecule has 0 spiro atoms. The summed E-state index contributed by atoms with van der Waals surface area (Å²) in [6.45, 7) is 0.250. The number of rotatable bonds is 2. The lowest BCUT2D eigenvalue weighted by molar-refractivity contribution is 0.0697. The molecule has 0 fully saturated rings. The first-order valence-corrected chi connectivity index (χ1v) is 3.75. The van der Waals surface area contributed by atoms with Crippen LogP contribution in [0.4, 0.5) is 0 Å². The van der Waals surface area contributed by atoms with E-state index in [1.807, 2.05) is 0 Å². The summed E-state index contributed by atoms with van der Waals surface area (Å²) in [5.74, 6) is -1.03. The highest BCUT2D eigenvalue weighted by Crippen LogP contribution is 2.20. The Morgan fingerprint density at radius 3 is 2.75 bits per heavy atom. The second-order valence-corrected chi connectivity index (χ2v) is 2.67. The van der Waals surface area contributed by atoms with Crippen molar-refractivity contribution < 1.29 is 9.90 Å². The number of carboxylic acid groups (broad SMARTS) is 1. The molecule has 0 atom stereocenters. The Bertz CT molecular complexity index is 312. The van der Waals surface area contributed by atoms with E-state index in [-0.39, 0.29) is 17.1 Å². The molecule has 0 radical (unpaired) electrons. The van der Waals surface area contributed by atoms with E-state index in [1.165, 1.54) is 6.07 Å². The van der Waals surface area contributed by atoms with Gasteiger partial charge in [0.1, 0.15) is 0 Å². The molecule has 1 rings (SSSR count). The molecular weight excluding hydrogens is 178 g/mol. The lowest BCUT2D eigenvalue weighted by atomic mass is 10.1. The van der Waals surface area contributed by atoms with Crippen LogP contribution in [0.1, 0.15) is 15.9 Å². The quantitative estimate of drug-likeness (QED) is 0.734. The van der Waals surface area contributed by atoms with Gasteiger partial charge in [-0.1, -0.05) is 23.7 Å². The van der Waals surface area contributed by atoms with Crippen LogP contribution in [0.2, 0.25) is 5.02 Å². The van der Waals surface area contributed by atoms with Gasteiger partial charge in [0.25, 0.3) is 0 Å². The van der Waals surface area contributed by atoms with Crippen LogP contribution >= 0.6 is 11.6 Å². The largest absolute Gasteiger partial charge is 0.478 e. The summed E-state index contributed by atoms with van der Waals surface area (Å²) in [5, 5.41) is 8.89. The molecule has 64 valence electrons. The maximum atomic E-state index is 10.6. The summed E-state index contributed by atoms with van der Waals surface area (Å²) in [6, 6.07) is 4.77. The van der Waals surface area contributed by atoms with Crippen LogP contribution < -0.4 is 5.73 Å². The fourth-order valence-electron chi connectivity index (χ4n) is 0.903. The normalized spacial score (nSPS) is 9.83. The molecule has 0 saturated heterocycles. The van der Waals surface area contributed by atoms with Gasteiger partial charge in [-0.15, -0.1) is 0 Å². The minimum absolute atomic E-state index is 0.0969. The standard InChI is InChI=1S/C8H8ClNO2/c9-7-5(4-10)2-1-3-6(7)8(11)12/h1-3H,4,10H2,(H,11,12). The van der Waals surface area contributed by atoms with Crippen molar-refractivity contribution in [3.63, 3.8) is 0 Å². The van der Waals surface area contributed by atoms with E-state index < -0.39 is 5.97 Å². The summed E-state index contributed by atoms with van der Waals surface area (Å²) in [4.78, 5) is 10.6. The molecule has 3 N–H and O–H groups in total. The fraction of sp³-hybridized carbons (Fsp3) is 0.125. The van der Waals surface area contributed by atoms with E-state index >= 15 is 0 Å². The third-order valence-electron chi connectivity index (χ3n) is 1.53. The monoisotopic (exact) mass is 185 g/mol. The molecular formula is C8H8ClNO2. The van der Waals surface area contributed by atoms with Crippen LogP contribution in [-0.2, 0) is 6.54 Å². The van der Waals surface area contributed by atoms with Gasteiger partial charge in [0, 0.05) is 6.54 Å². The van der Waals surface area contributed by atoms with Crippen molar-refractivity contribution >= 4 is 17.6 Å². The topological polar surface area (TPSA) is 63.3 Å². The zero-order valence-electron chi connectivity index (χ0n) is 6.25. The first-order valence-electron chi connectivity index (χ1n) is 3.37. The predicted octanol–water partition coefficient (Wildman–Crippen LogP) is 1.50. The number of carbonyl (C=O) groups is 1. The van der Waals surface area contributed by atoms with Gasteiger partial charge < -0.3 is 10.8 Å². The third kappa shape index (κ3) is 1.57. The Morgan fingerprint density at radius 1 is 1.58 bits per heavy atom. The molecule has 3 nitrogen and oxygen atoms in total. The van der Waals surface area contributed by atoms with Gasteiger partial charge in [0.05, 0.1) is 10.6 Å². The first-order chi connectivity index (χ1) is 5.66. The van der Waals surface area contributed by atoms with Crippen LogP contribution in [-0.4, -0.2) is 11.1 Å². The van der Waals surface area contributed by atoms with E-state index in [0.717, 1.165) is 0 Å². The summed E-state index contributed by atoms with van der Waals surface area (Å²) < 4.78 is 0. The second kappa shape index (κ2) is 3.56. The minimum atomic E-state index is -1.03. The molecule has 12 heavy (non-hydrogen) atoms. The van der Waals surface area contributed by atoms with Gasteiger partial charge in [-0.25, -0.2) is 4.79 Å². The van der Waals surface area contributed by atoms with Gasteiger partial charge in [-0.2, -0.15) is 0 Å². The van der Waals surface area contributed by atoms with Crippen molar-refractivity contribution in [1.29, 1.82) is 0 Å². The van der Waals surface area contributed by atoms with Crippen LogP contribution in [0.3, 0.4) is 0 Å². The Kier molecular flexibility index (Phi) is 2.68. The van der Waals surface area contributed by atoms with Gasteiger partial charge >= 0.3 is 5.97 Å². The molecule has 0 bridgehead atoms. The Morgan fingerprint density at radius 2 is 2.25 bits per heavy atom. The average molecular weight is 186 g/mol. The molecule has 0 aliphatic heterocycles. The van der Waals surface area contributed by atoms with E-state index in [0.29, 0.717) is 5.56 Å². The highest BCUT2D eigenvalue weighted by atomic mass is 35.5. The number of carboxylic acids is 1. The van der Waals surface area contributed by atoms with Crippen molar-refractivity contribution in [3.8, 4) is 0 Å². The number of aromatic carboxylic acids is 1. The Hall–Kier alpha value is -1.06. The average Bonchev–Trinajstić information content (AvgIpc) is 2.04. The SMILES string of the molecule is NCc1cccc(C(=O)O)c1Cl. The summed E-state index contributed by atoms with van der Waals surface area (Å²) in [7, 11) is 0. The fourth-order valence-corrected chi connectivity index (χ4v) is 1.19. The molecule has 0 amide bonds. The number of halogens is 1. The minimum Gasteiger partial charge on any atom is -0.478 e. The first kappa shape index (κ1) is 9.03. The van der Waals surface area contributed by atoms with Gasteiger partial charge in [-0.3, -0.25) is 0 Å². The van der Waals surface area contributed by atoms with E-state index in [4.69, 9.17) is 22.4 Å². The number of hydrogen-bond acceptors (Lipinski definition) is 2. The molecule has 1 aromatic rings. The smallest absolute Gasteiger partial charge is 0.337 e. The molecule has 0 saturated carbocycles. The summed E-state index contributed by atoms with van der Waals surface area (Å²) >= 11 is 5.74. The Labute approximate surface area is 74.8 Å². The third-order valence-corrected chi connectivity index (χ3v) is 1.98. The molecule has 0 aromatic heterocycles. The van der Waals surface area contributed by atoms with Crippen molar-refractivity contribution in [2.75, 3.05) is 0 Å². The second-order valence-electron chi connectivity index (χ2n) is 2.29. The summed E-state index contributed by atoms with van der Waals surface area (Å²) in [5.41, 5.74) is 6.09. The highest BCUT2D eigenvalue weighted by molar-refractivity contribution is 6.34. The molecule has 0 unspecified atom stereocenters. The van der Waals surface area contributed by atoms with Gasteiger partial charge in [-0.05, 0) is 11.6 Å². The number of hydrogen-bond donors (Lipinski definition) is 2. The molecule has 0 heterocycles. The maximum absolute atomic E-state index is 10.6. The molecule has 1 aromatic carbocycles. The van der Waals surface area contributed by atoms with E-state index in [1.54, 1.807) is 12.1 Å². The zero-order valence-corrected chi connectivity index (χ0v) is 7.01. The van der Waals surface area contributed by atoms with Crippen molar-refractivity contribution in [2.24, 2.45) is 5.73 Å². The number of benzene rings is 1. The van der Waals surface area contributed by atoms with Crippen LogP contribution in [0, 0.1) is 0 Å². The zero-order chi connectivity index (χ0) is 9.14. The van der Waals surface area contributed by atoms with Crippen molar-refractivity contribution in [2.45, 2.75) is 6.54 Å². The van der Waals surface area contributed by atoms with Crippen molar-refractivity contribution in [3.05, 3.63) is 34.3 Å². The molecule has 0 aliphatic carbocycles. The van der Waals surface area contributed by atoms with Crippen LogP contribution in [0.25, 0.3) is 0 Å². The predicted molar refractivity (Wildman–Crippen MR) is 46.3 cm³/mol. The van der Waals surface area contributed by atoms with E-state index in [9.17, 15) is 4.79 Å². The lowest BCUT2D eigenvalue weighted by Gasteiger charge is -2.02. The van der Waals surface area contributed by atoms with Crippen molar-refractivity contribution in [1.82, 2.24) is 0 Å². The van der Waals surface area contributed by atoms with Crippen LogP contribution in [0.5, 0.6) is 0 Å². The van der Waals surface area contributed by atoms with Gasteiger partial charge in [0.2, 0.25) is 0 Å². The molecule has 4 heteroatoms. The number of nitrogens with two attached hydrogens (primary N) is 1.